The van der Waals surface area contributed by atoms with Crippen LogP contribution in [0.15, 0.2) is 70.9 Å². The number of fused-ring (bicyclic) bond motifs is 1. The average Bonchev–Trinajstić information content (AvgIpc) is 2.90. The Hall–Kier alpha value is -3.72. The highest BCUT2D eigenvalue weighted by Crippen LogP contribution is 2.26. The fourth-order valence-corrected chi connectivity index (χ4v) is 4.57. The van der Waals surface area contributed by atoms with Gasteiger partial charge in [0, 0.05) is 18.1 Å². The number of ether oxygens (including phenoxy) is 1. The van der Waals surface area contributed by atoms with Crippen molar-refractivity contribution in [3.05, 3.63) is 82.4 Å². The Kier molecular flexibility index (Phi) is 7.77. The van der Waals surface area contributed by atoms with Gasteiger partial charge >= 0.3 is 0 Å². The number of carbonyl (C=O) groups is 1. The SMILES string of the molecule is CCc1ccc(NC(=O)[C@H](CC)Sc2nc3nccnc3c(=O)n2Cc2ccc(OC)cc2)cc1. The number of anilines is 1. The molecule has 0 saturated carbocycles. The van der Waals surface area contributed by atoms with Gasteiger partial charge in [-0.25, -0.2) is 15.0 Å². The van der Waals surface area contributed by atoms with E-state index in [9.17, 15) is 9.59 Å². The number of carbonyl (C=O) groups excluding carboxylic acids is 1. The maximum Gasteiger partial charge on any atom is 0.282 e. The van der Waals surface area contributed by atoms with E-state index in [1.54, 1.807) is 11.7 Å². The third kappa shape index (κ3) is 5.68. The van der Waals surface area contributed by atoms with Gasteiger partial charge in [0.25, 0.3) is 5.56 Å². The molecule has 0 saturated heterocycles. The Bertz CT molecular complexity index is 1370. The Morgan fingerprint density at radius 3 is 2.37 bits per heavy atom. The first-order valence-corrected chi connectivity index (χ1v) is 12.3. The van der Waals surface area contributed by atoms with Crippen LogP contribution < -0.4 is 15.6 Å². The highest BCUT2D eigenvalue weighted by atomic mass is 32.2. The van der Waals surface area contributed by atoms with Crippen molar-refractivity contribution in [3.63, 3.8) is 0 Å². The molecular formula is C26H27N5O3S. The summed E-state index contributed by atoms with van der Waals surface area (Å²) in [5, 5.41) is 2.95. The Balaban J connectivity index is 1.65. The van der Waals surface area contributed by atoms with Crippen LogP contribution in [0.25, 0.3) is 11.2 Å². The first kappa shape index (κ1) is 24.4. The van der Waals surface area contributed by atoms with Crippen LogP contribution in [-0.2, 0) is 17.8 Å². The van der Waals surface area contributed by atoms with Crippen molar-refractivity contribution in [2.45, 2.75) is 43.6 Å². The number of hydrogen-bond donors (Lipinski definition) is 1. The van der Waals surface area contributed by atoms with Gasteiger partial charge in [0.1, 0.15) is 5.75 Å². The Morgan fingerprint density at radius 1 is 1.03 bits per heavy atom. The topological polar surface area (TPSA) is 99.0 Å². The van der Waals surface area contributed by atoms with Gasteiger partial charge in [-0.05, 0) is 48.2 Å². The number of rotatable bonds is 9. The van der Waals surface area contributed by atoms with Crippen LogP contribution in [0.4, 0.5) is 5.69 Å². The molecule has 2 aromatic heterocycles. The summed E-state index contributed by atoms with van der Waals surface area (Å²) in [6, 6.07) is 15.3. The molecule has 4 rings (SSSR count). The van der Waals surface area contributed by atoms with E-state index in [0.29, 0.717) is 11.6 Å². The molecule has 1 amide bonds. The van der Waals surface area contributed by atoms with Crippen LogP contribution in [0.5, 0.6) is 5.75 Å². The number of thioether (sulfide) groups is 1. The molecule has 0 radical (unpaired) electrons. The van der Waals surface area contributed by atoms with Crippen molar-refractivity contribution < 1.29 is 9.53 Å². The molecule has 0 aliphatic rings. The van der Waals surface area contributed by atoms with Crippen LogP contribution in [-0.4, -0.2) is 37.8 Å². The molecule has 8 nitrogen and oxygen atoms in total. The number of nitrogens with zero attached hydrogens (tertiary/aromatic N) is 4. The molecule has 2 aromatic carbocycles. The van der Waals surface area contributed by atoms with E-state index in [1.807, 2.05) is 55.5 Å². The number of hydrogen-bond acceptors (Lipinski definition) is 7. The van der Waals surface area contributed by atoms with E-state index in [2.05, 4.69) is 27.2 Å². The molecule has 1 N–H and O–H groups in total. The lowest BCUT2D eigenvalue weighted by atomic mass is 10.1. The van der Waals surface area contributed by atoms with Crippen molar-refractivity contribution in [3.8, 4) is 5.75 Å². The van der Waals surface area contributed by atoms with Crippen LogP contribution in [0, 0.1) is 0 Å². The predicted molar refractivity (Wildman–Crippen MR) is 138 cm³/mol. The number of aromatic nitrogens is 4. The molecule has 0 fully saturated rings. The summed E-state index contributed by atoms with van der Waals surface area (Å²) in [4.78, 5) is 39.5. The highest BCUT2D eigenvalue weighted by Gasteiger charge is 2.23. The third-order valence-corrected chi connectivity index (χ3v) is 6.95. The van der Waals surface area contributed by atoms with E-state index in [4.69, 9.17) is 4.74 Å². The molecule has 35 heavy (non-hydrogen) atoms. The lowest BCUT2D eigenvalue weighted by molar-refractivity contribution is -0.115. The minimum Gasteiger partial charge on any atom is -0.497 e. The summed E-state index contributed by atoms with van der Waals surface area (Å²) in [7, 11) is 1.61. The molecule has 0 spiro atoms. The smallest absolute Gasteiger partial charge is 0.282 e. The Labute approximate surface area is 207 Å². The largest absolute Gasteiger partial charge is 0.497 e. The zero-order chi connectivity index (χ0) is 24.8. The van der Waals surface area contributed by atoms with Crippen molar-refractivity contribution in [1.82, 2.24) is 19.5 Å². The number of nitrogens with one attached hydrogen (secondary N) is 1. The monoisotopic (exact) mass is 489 g/mol. The molecule has 4 aromatic rings. The predicted octanol–water partition coefficient (Wildman–Crippen LogP) is 4.32. The normalized spacial score (nSPS) is 11.9. The minimum absolute atomic E-state index is 0.147. The van der Waals surface area contributed by atoms with Gasteiger partial charge in [-0.3, -0.25) is 14.2 Å². The lowest BCUT2D eigenvalue weighted by Crippen LogP contribution is -2.29. The number of aryl methyl sites for hydroxylation is 1. The van der Waals surface area contributed by atoms with Gasteiger partial charge in [0.2, 0.25) is 5.91 Å². The Morgan fingerprint density at radius 2 is 1.71 bits per heavy atom. The standard InChI is InChI=1S/C26H27N5O3S/c1-4-17-6-10-19(11-7-17)29-24(32)21(5-2)35-26-30-23-22(27-14-15-28-23)25(33)31(26)16-18-8-12-20(34-3)13-9-18/h6-15,21H,4-5,16H2,1-3H3,(H,29,32)/t21-/m0/s1. The minimum atomic E-state index is -0.455. The molecule has 0 unspecified atom stereocenters. The van der Waals surface area contributed by atoms with Gasteiger partial charge in [0.15, 0.2) is 16.3 Å². The van der Waals surface area contributed by atoms with Gasteiger partial charge in [0.05, 0.1) is 18.9 Å². The first-order chi connectivity index (χ1) is 17.0. The second kappa shape index (κ2) is 11.1. The molecule has 2 heterocycles. The van der Waals surface area contributed by atoms with Crippen LogP contribution in [0.2, 0.25) is 0 Å². The fourth-order valence-electron chi connectivity index (χ4n) is 3.57. The number of benzene rings is 2. The molecule has 9 heteroatoms. The fraction of sp³-hybridized carbons (Fsp3) is 0.269. The second-order valence-electron chi connectivity index (χ2n) is 7.92. The first-order valence-electron chi connectivity index (χ1n) is 11.4. The van der Waals surface area contributed by atoms with E-state index in [-0.39, 0.29) is 29.2 Å². The molecular weight excluding hydrogens is 462 g/mol. The number of amides is 1. The van der Waals surface area contributed by atoms with Gasteiger partial charge in [-0.1, -0.05) is 49.9 Å². The molecule has 0 aliphatic heterocycles. The van der Waals surface area contributed by atoms with Crippen molar-refractivity contribution in [1.29, 1.82) is 0 Å². The van der Waals surface area contributed by atoms with Crippen LogP contribution >= 0.6 is 11.8 Å². The van der Waals surface area contributed by atoms with Crippen LogP contribution in [0.1, 0.15) is 31.4 Å². The van der Waals surface area contributed by atoms with Gasteiger partial charge < -0.3 is 10.1 Å². The van der Waals surface area contributed by atoms with Crippen molar-refractivity contribution in [2.75, 3.05) is 12.4 Å². The zero-order valence-electron chi connectivity index (χ0n) is 19.9. The number of methoxy groups -OCH3 is 1. The quantitative estimate of drug-likeness (QED) is 0.276. The van der Waals surface area contributed by atoms with Gasteiger partial charge in [-0.15, -0.1) is 0 Å². The molecule has 1 atom stereocenters. The summed E-state index contributed by atoms with van der Waals surface area (Å²) >= 11 is 1.25. The van der Waals surface area contributed by atoms with E-state index < -0.39 is 5.25 Å². The van der Waals surface area contributed by atoms with E-state index >= 15 is 0 Å². The average molecular weight is 490 g/mol. The molecule has 180 valence electrons. The van der Waals surface area contributed by atoms with Crippen molar-refractivity contribution >= 4 is 34.5 Å². The summed E-state index contributed by atoms with van der Waals surface area (Å²) in [5.74, 6) is 0.583. The zero-order valence-corrected chi connectivity index (χ0v) is 20.7. The van der Waals surface area contributed by atoms with Gasteiger partial charge in [-0.2, -0.15) is 0 Å². The van der Waals surface area contributed by atoms with E-state index in [1.165, 1.54) is 29.7 Å². The maximum atomic E-state index is 13.3. The summed E-state index contributed by atoms with van der Waals surface area (Å²) in [5.41, 5.74) is 2.99. The summed E-state index contributed by atoms with van der Waals surface area (Å²) in [6.45, 7) is 4.30. The summed E-state index contributed by atoms with van der Waals surface area (Å²) in [6.07, 6.45) is 4.47. The van der Waals surface area contributed by atoms with Crippen LogP contribution in [0.3, 0.4) is 0 Å². The molecule has 0 bridgehead atoms. The third-order valence-electron chi connectivity index (χ3n) is 5.60. The maximum absolute atomic E-state index is 13.3. The highest BCUT2D eigenvalue weighted by molar-refractivity contribution is 8.00. The molecule has 0 aliphatic carbocycles. The lowest BCUT2D eigenvalue weighted by Gasteiger charge is -2.18. The second-order valence-corrected chi connectivity index (χ2v) is 9.09. The van der Waals surface area contributed by atoms with Crippen molar-refractivity contribution in [2.24, 2.45) is 0 Å². The summed E-state index contributed by atoms with van der Waals surface area (Å²) < 4.78 is 6.78. The van der Waals surface area contributed by atoms with E-state index in [0.717, 1.165) is 23.4 Å².